The van der Waals surface area contributed by atoms with Gasteiger partial charge in [0.1, 0.15) is 5.82 Å². The molecule has 2 fully saturated rings. The van der Waals surface area contributed by atoms with Gasteiger partial charge >= 0.3 is 0 Å². The number of halogens is 3. The second-order valence-electron chi connectivity index (χ2n) is 7.51. The molecule has 1 amide bonds. The predicted molar refractivity (Wildman–Crippen MR) is 119 cm³/mol. The van der Waals surface area contributed by atoms with Crippen molar-refractivity contribution in [2.45, 2.75) is 18.9 Å². The Morgan fingerprint density at radius 2 is 1.76 bits per heavy atom. The van der Waals surface area contributed by atoms with Crippen LogP contribution < -0.4 is 5.32 Å². The third kappa shape index (κ3) is 5.92. The van der Waals surface area contributed by atoms with Crippen LogP contribution in [0.25, 0.3) is 0 Å². The van der Waals surface area contributed by atoms with E-state index < -0.39 is 0 Å². The average Bonchev–Trinajstić information content (AvgIpc) is 3.23. The van der Waals surface area contributed by atoms with Crippen LogP contribution in [-0.2, 0) is 6.54 Å². The molecule has 4 nitrogen and oxygen atoms in total. The van der Waals surface area contributed by atoms with Crippen molar-refractivity contribution in [3.63, 3.8) is 0 Å². The SMILES string of the molecule is Cl.Cl.O=C(c1ccc(C2CCNC2)cc1)N1CCN(Cc2cccc(F)c2)CC1. The van der Waals surface area contributed by atoms with Gasteiger partial charge in [-0.3, -0.25) is 9.69 Å². The van der Waals surface area contributed by atoms with Crippen molar-refractivity contribution < 1.29 is 9.18 Å². The van der Waals surface area contributed by atoms with Crippen LogP contribution in [0.4, 0.5) is 4.39 Å². The van der Waals surface area contributed by atoms with E-state index in [4.69, 9.17) is 0 Å². The summed E-state index contributed by atoms with van der Waals surface area (Å²) in [6, 6.07) is 14.9. The first kappa shape index (κ1) is 23.6. The van der Waals surface area contributed by atoms with Crippen molar-refractivity contribution in [2.75, 3.05) is 39.3 Å². The molecule has 0 aliphatic carbocycles. The zero-order valence-electron chi connectivity index (χ0n) is 16.4. The minimum absolute atomic E-state index is 0. The zero-order chi connectivity index (χ0) is 18.6. The van der Waals surface area contributed by atoms with Gasteiger partial charge in [0, 0.05) is 44.8 Å². The lowest BCUT2D eigenvalue weighted by Gasteiger charge is -2.34. The monoisotopic (exact) mass is 439 g/mol. The van der Waals surface area contributed by atoms with Gasteiger partial charge in [-0.2, -0.15) is 0 Å². The second kappa shape index (κ2) is 10.9. The number of carbonyl (C=O) groups is 1. The van der Waals surface area contributed by atoms with E-state index in [-0.39, 0.29) is 36.5 Å². The Labute approximate surface area is 184 Å². The number of nitrogens with zero attached hydrogens (tertiary/aromatic N) is 2. The van der Waals surface area contributed by atoms with Gasteiger partial charge in [-0.25, -0.2) is 4.39 Å². The van der Waals surface area contributed by atoms with E-state index in [1.54, 1.807) is 12.1 Å². The molecule has 29 heavy (non-hydrogen) atoms. The van der Waals surface area contributed by atoms with Crippen LogP contribution in [0.2, 0.25) is 0 Å². The minimum Gasteiger partial charge on any atom is -0.336 e. The second-order valence-corrected chi connectivity index (χ2v) is 7.51. The van der Waals surface area contributed by atoms with Crippen molar-refractivity contribution >= 4 is 30.7 Å². The molecule has 1 unspecified atom stereocenters. The Morgan fingerprint density at radius 1 is 1.03 bits per heavy atom. The highest BCUT2D eigenvalue weighted by molar-refractivity contribution is 5.94. The van der Waals surface area contributed by atoms with Crippen LogP contribution in [0.15, 0.2) is 48.5 Å². The lowest BCUT2D eigenvalue weighted by molar-refractivity contribution is 0.0628. The highest BCUT2D eigenvalue weighted by Crippen LogP contribution is 2.23. The Balaban J connectivity index is 0.00000150. The van der Waals surface area contributed by atoms with Gasteiger partial charge in [-0.15, -0.1) is 24.8 Å². The molecule has 0 spiro atoms. The third-order valence-electron chi connectivity index (χ3n) is 5.64. The van der Waals surface area contributed by atoms with Crippen LogP contribution in [-0.4, -0.2) is 55.0 Å². The maximum Gasteiger partial charge on any atom is 0.253 e. The third-order valence-corrected chi connectivity index (χ3v) is 5.64. The van der Waals surface area contributed by atoms with Gasteiger partial charge in [0.2, 0.25) is 0 Å². The molecule has 0 saturated carbocycles. The first-order chi connectivity index (χ1) is 13.2. The molecule has 2 aliphatic heterocycles. The molecule has 2 aliphatic rings. The molecule has 0 radical (unpaired) electrons. The summed E-state index contributed by atoms with van der Waals surface area (Å²) >= 11 is 0. The fraction of sp³-hybridized carbons (Fsp3) is 0.409. The van der Waals surface area contributed by atoms with Crippen LogP contribution in [0, 0.1) is 5.82 Å². The van der Waals surface area contributed by atoms with E-state index in [2.05, 4.69) is 22.3 Å². The summed E-state index contributed by atoms with van der Waals surface area (Å²) in [6.07, 6.45) is 1.17. The van der Waals surface area contributed by atoms with Gasteiger partial charge in [0.25, 0.3) is 5.91 Å². The maximum absolute atomic E-state index is 13.3. The molecule has 1 atom stereocenters. The van der Waals surface area contributed by atoms with E-state index in [0.717, 1.165) is 43.9 Å². The molecular weight excluding hydrogens is 412 g/mol. The first-order valence-corrected chi connectivity index (χ1v) is 9.76. The summed E-state index contributed by atoms with van der Waals surface area (Å²) in [7, 11) is 0. The number of hydrogen-bond acceptors (Lipinski definition) is 3. The van der Waals surface area contributed by atoms with Gasteiger partial charge in [0.05, 0.1) is 0 Å². The number of benzene rings is 2. The van der Waals surface area contributed by atoms with Crippen LogP contribution in [0.3, 0.4) is 0 Å². The highest BCUT2D eigenvalue weighted by Gasteiger charge is 2.23. The van der Waals surface area contributed by atoms with E-state index in [9.17, 15) is 9.18 Å². The van der Waals surface area contributed by atoms with Gasteiger partial charge < -0.3 is 10.2 Å². The summed E-state index contributed by atoms with van der Waals surface area (Å²) in [5.41, 5.74) is 3.06. The van der Waals surface area contributed by atoms with Crippen molar-refractivity contribution in [1.29, 1.82) is 0 Å². The molecule has 0 bridgehead atoms. The molecule has 2 heterocycles. The lowest BCUT2D eigenvalue weighted by Crippen LogP contribution is -2.48. The van der Waals surface area contributed by atoms with Crippen molar-refractivity contribution in [3.05, 3.63) is 71.0 Å². The largest absolute Gasteiger partial charge is 0.336 e. The number of amides is 1. The van der Waals surface area contributed by atoms with Crippen LogP contribution in [0.1, 0.15) is 33.8 Å². The van der Waals surface area contributed by atoms with Crippen LogP contribution >= 0.6 is 24.8 Å². The van der Waals surface area contributed by atoms with E-state index in [1.165, 1.54) is 18.1 Å². The fourth-order valence-electron chi connectivity index (χ4n) is 4.02. The molecule has 4 rings (SSSR count). The predicted octanol–water partition coefficient (Wildman–Crippen LogP) is 3.70. The van der Waals surface area contributed by atoms with Gasteiger partial charge in [0.15, 0.2) is 0 Å². The van der Waals surface area contributed by atoms with Gasteiger partial charge in [-0.05, 0) is 54.3 Å². The lowest BCUT2D eigenvalue weighted by atomic mass is 9.97. The molecule has 1 N–H and O–H groups in total. The number of hydrogen-bond donors (Lipinski definition) is 1. The quantitative estimate of drug-likeness (QED) is 0.788. The topological polar surface area (TPSA) is 35.6 Å². The van der Waals surface area contributed by atoms with E-state index in [1.807, 2.05) is 23.1 Å². The van der Waals surface area contributed by atoms with Crippen molar-refractivity contribution in [1.82, 2.24) is 15.1 Å². The molecule has 2 saturated heterocycles. The Hall–Kier alpha value is -1.66. The van der Waals surface area contributed by atoms with Crippen molar-refractivity contribution in [3.8, 4) is 0 Å². The number of rotatable bonds is 4. The number of nitrogens with one attached hydrogen (secondary N) is 1. The maximum atomic E-state index is 13.3. The zero-order valence-corrected chi connectivity index (χ0v) is 18.0. The Bertz CT molecular complexity index is 789. The minimum atomic E-state index is -0.196. The summed E-state index contributed by atoms with van der Waals surface area (Å²) in [5, 5.41) is 3.38. The Kier molecular flexibility index (Phi) is 8.90. The highest BCUT2D eigenvalue weighted by atomic mass is 35.5. The summed E-state index contributed by atoms with van der Waals surface area (Å²) in [4.78, 5) is 17.0. The standard InChI is InChI=1S/C22H26FN3O.2ClH/c23-21-3-1-2-17(14-21)16-25-10-12-26(13-11-25)22(27)19-6-4-18(5-7-19)20-8-9-24-15-20;;/h1-7,14,20,24H,8-13,15-16H2;2*1H. The van der Waals surface area contributed by atoms with E-state index >= 15 is 0 Å². The molecule has 2 aromatic rings. The van der Waals surface area contributed by atoms with Crippen LogP contribution in [0.5, 0.6) is 0 Å². The summed E-state index contributed by atoms with van der Waals surface area (Å²) in [6.45, 7) is 5.88. The molecule has 7 heteroatoms. The first-order valence-electron chi connectivity index (χ1n) is 9.76. The molecule has 0 aromatic heterocycles. The van der Waals surface area contributed by atoms with Crippen molar-refractivity contribution in [2.24, 2.45) is 0 Å². The smallest absolute Gasteiger partial charge is 0.253 e. The number of carbonyl (C=O) groups excluding carboxylic acids is 1. The summed E-state index contributed by atoms with van der Waals surface area (Å²) < 4.78 is 13.3. The Morgan fingerprint density at radius 3 is 2.38 bits per heavy atom. The molecule has 158 valence electrons. The molecular formula is C22H28Cl2FN3O. The normalized spacial score (nSPS) is 19.3. The number of piperazine rings is 1. The fourth-order valence-corrected chi connectivity index (χ4v) is 4.02. The van der Waals surface area contributed by atoms with E-state index in [0.29, 0.717) is 19.0 Å². The molecule has 2 aromatic carbocycles. The average molecular weight is 440 g/mol. The summed E-state index contributed by atoms with van der Waals surface area (Å²) in [5.74, 6) is 0.482. The van der Waals surface area contributed by atoms with Gasteiger partial charge in [-0.1, -0.05) is 24.3 Å².